The van der Waals surface area contributed by atoms with Gasteiger partial charge >= 0.3 is 0 Å². The van der Waals surface area contributed by atoms with Crippen LogP contribution in [0, 0.1) is 6.92 Å². The van der Waals surface area contributed by atoms with Crippen LogP contribution in [0.15, 0.2) is 54.9 Å². The number of halogens is 1. The molecule has 28 heavy (non-hydrogen) atoms. The normalized spacial score (nSPS) is 10.4. The first-order valence-corrected chi connectivity index (χ1v) is 9.04. The second-order valence-electron chi connectivity index (χ2n) is 6.10. The third-order valence-electron chi connectivity index (χ3n) is 4.08. The number of hydrogen-bond donors (Lipinski definition) is 1. The van der Waals surface area contributed by atoms with Crippen molar-refractivity contribution >= 4 is 17.5 Å². The molecule has 1 heterocycles. The van der Waals surface area contributed by atoms with Crippen LogP contribution in [0.1, 0.15) is 11.3 Å². The zero-order valence-corrected chi connectivity index (χ0v) is 16.4. The Morgan fingerprint density at radius 1 is 1.07 bits per heavy atom. The van der Waals surface area contributed by atoms with E-state index in [4.69, 9.17) is 21.1 Å². The monoisotopic (exact) mass is 397 g/mol. The molecule has 0 aliphatic heterocycles. The van der Waals surface area contributed by atoms with E-state index in [1.165, 1.54) is 6.33 Å². The molecule has 0 spiro atoms. The molecule has 1 N–H and O–H groups in total. The molecule has 0 aliphatic rings. The van der Waals surface area contributed by atoms with Crippen molar-refractivity contribution in [2.75, 3.05) is 13.7 Å². The van der Waals surface area contributed by atoms with Gasteiger partial charge in [-0.25, -0.2) is 9.97 Å². The fourth-order valence-electron chi connectivity index (χ4n) is 2.51. The van der Waals surface area contributed by atoms with Gasteiger partial charge in [0.15, 0.2) is 6.61 Å². The highest BCUT2D eigenvalue weighted by Gasteiger charge is 2.07. The zero-order chi connectivity index (χ0) is 19.9. The van der Waals surface area contributed by atoms with Crippen LogP contribution in [0.5, 0.6) is 11.5 Å². The summed E-state index contributed by atoms with van der Waals surface area (Å²) in [6, 6.07) is 14.7. The van der Waals surface area contributed by atoms with Crippen LogP contribution >= 0.6 is 11.6 Å². The lowest BCUT2D eigenvalue weighted by molar-refractivity contribution is -0.123. The summed E-state index contributed by atoms with van der Waals surface area (Å²) in [4.78, 5) is 20.5. The largest absolute Gasteiger partial charge is 0.497 e. The molecule has 6 nitrogen and oxygen atoms in total. The summed E-state index contributed by atoms with van der Waals surface area (Å²) in [6.07, 6.45) is 1.48. The highest BCUT2D eigenvalue weighted by atomic mass is 35.5. The van der Waals surface area contributed by atoms with Gasteiger partial charge in [0, 0.05) is 10.6 Å². The molecular formula is C21H20ClN3O3. The van der Waals surface area contributed by atoms with Crippen molar-refractivity contribution in [3.8, 4) is 22.8 Å². The van der Waals surface area contributed by atoms with Gasteiger partial charge in [-0.15, -0.1) is 0 Å². The summed E-state index contributed by atoms with van der Waals surface area (Å²) in [5, 5.41) is 3.45. The molecule has 0 bridgehead atoms. The quantitative estimate of drug-likeness (QED) is 0.656. The molecule has 2 aromatic carbocycles. The predicted octanol–water partition coefficient (Wildman–Crippen LogP) is 3.81. The first-order chi connectivity index (χ1) is 13.5. The van der Waals surface area contributed by atoms with Crippen LogP contribution in [-0.4, -0.2) is 29.6 Å². The van der Waals surface area contributed by atoms with Crippen molar-refractivity contribution < 1.29 is 14.3 Å². The van der Waals surface area contributed by atoms with Crippen LogP contribution in [0.3, 0.4) is 0 Å². The number of ether oxygens (including phenoxy) is 2. The van der Waals surface area contributed by atoms with Gasteiger partial charge in [-0.1, -0.05) is 11.6 Å². The number of nitrogens with zero attached hydrogens (tertiary/aromatic N) is 2. The van der Waals surface area contributed by atoms with Gasteiger partial charge in [0.05, 0.1) is 25.0 Å². The van der Waals surface area contributed by atoms with Crippen LogP contribution in [0.25, 0.3) is 11.3 Å². The molecule has 0 saturated carbocycles. The van der Waals surface area contributed by atoms with Crippen molar-refractivity contribution in [1.29, 1.82) is 0 Å². The maximum Gasteiger partial charge on any atom is 0.258 e. The number of amides is 1. The van der Waals surface area contributed by atoms with E-state index in [1.807, 2.05) is 37.3 Å². The van der Waals surface area contributed by atoms with E-state index in [0.29, 0.717) is 16.5 Å². The maximum atomic E-state index is 12.0. The minimum absolute atomic E-state index is 0.0858. The van der Waals surface area contributed by atoms with Crippen molar-refractivity contribution in [3.05, 3.63) is 71.1 Å². The second kappa shape index (κ2) is 9.19. The van der Waals surface area contributed by atoms with Crippen LogP contribution in [0.2, 0.25) is 5.02 Å². The third-order valence-corrected chi connectivity index (χ3v) is 4.50. The second-order valence-corrected chi connectivity index (χ2v) is 6.51. The van der Waals surface area contributed by atoms with E-state index in [-0.39, 0.29) is 19.1 Å². The number of benzene rings is 2. The third kappa shape index (κ3) is 5.20. The lowest BCUT2D eigenvalue weighted by Gasteiger charge is -2.09. The molecule has 144 valence electrons. The molecule has 1 aromatic heterocycles. The van der Waals surface area contributed by atoms with Gasteiger partial charge in [-0.2, -0.15) is 0 Å². The molecule has 1 amide bonds. The summed E-state index contributed by atoms with van der Waals surface area (Å²) in [6.45, 7) is 2.08. The Balaban J connectivity index is 1.55. The molecule has 0 unspecified atom stereocenters. The summed E-state index contributed by atoms with van der Waals surface area (Å²) in [5.74, 6) is 1.14. The number of methoxy groups -OCH3 is 1. The molecular weight excluding hydrogens is 378 g/mol. The fourth-order valence-corrected chi connectivity index (χ4v) is 2.63. The number of carbonyl (C=O) groups is 1. The number of carbonyl (C=O) groups excluding carboxylic acids is 1. The van der Waals surface area contributed by atoms with E-state index in [2.05, 4.69) is 15.3 Å². The van der Waals surface area contributed by atoms with Crippen molar-refractivity contribution in [3.63, 3.8) is 0 Å². The smallest absolute Gasteiger partial charge is 0.258 e. The Morgan fingerprint density at radius 3 is 2.54 bits per heavy atom. The highest BCUT2D eigenvalue weighted by Crippen LogP contribution is 2.21. The van der Waals surface area contributed by atoms with Gasteiger partial charge in [-0.3, -0.25) is 4.79 Å². The summed E-state index contributed by atoms with van der Waals surface area (Å²) < 4.78 is 10.7. The van der Waals surface area contributed by atoms with Crippen LogP contribution < -0.4 is 14.8 Å². The molecule has 3 aromatic rings. The van der Waals surface area contributed by atoms with E-state index in [0.717, 1.165) is 22.6 Å². The van der Waals surface area contributed by atoms with Gasteiger partial charge in [-0.05, 0) is 61.0 Å². The predicted molar refractivity (Wildman–Crippen MR) is 108 cm³/mol. The Kier molecular flexibility index (Phi) is 6.45. The van der Waals surface area contributed by atoms with Crippen molar-refractivity contribution in [2.45, 2.75) is 13.5 Å². The number of nitrogens with one attached hydrogen (secondary N) is 1. The number of aromatic nitrogens is 2. The average Bonchev–Trinajstić information content (AvgIpc) is 2.73. The summed E-state index contributed by atoms with van der Waals surface area (Å²) >= 11 is 5.98. The minimum Gasteiger partial charge on any atom is -0.497 e. The van der Waals surface area contributed by atoms with Gasteiger partial charge in [0.25, 0.3) is 5.91 Å². The highest BCUT2D eigenvalue weighted by molar-refractivity contribution is 6.31. The molecule has 0 radical (unpaired) electrons. The van der Waals surface area contributed by atoms with E-state index < -0.39 is 0 Å². The lowest BCUT2D eigenvalue weighted by Crippen LogP contribution is -2.28. The molecule has 0 atom stereocenters. The minimum atomic E-state index is -0.239. The van der Waals surface area contributed by atoms with Crippen LogP contribution in [0.4, 0.5) is 0 Å². The Bertz CT molecular complexity index is 961. The Hall–Kier alpha value is -3.12. The van der Waals surface area contributed by atoms with Crippen molar-refractivity contribution in [1.82, 2.24) is 15.3 Å². The molecule has 0 saturated heterocycles. The molecule has 3 rings (SSSR count). The maximum absolute atomic E-state index is 12.0. The van der Waals surface area contributed by atoms with E-state index in [1.54, 1.807) is 25.3 Å². The lowest BCUT2D eigenvalue weighted by atomic mass is 10.1. The first-order valence-electron chi connectivity index (χ1n) is 8.66. The fraction of sp³-hybridized carbons (Fsp3) is 0.190. The SMILES string of the molecule is COc1ccc(-c2cc(CNC(=O)COc3ccc(Cl)c(C)c3)ncn2)cc1. The van der Waals surface area contributed by atoms with E-state index >= 15 is 0 Å². The summed E-state index contributed by atoms with van der Waals surface area (Å²) in [7, 11) is 1.62. The van der Waals surface area contributed by atoms with E-state index in [9.17, 15) is 4.79 Å². The standard InChI is InChI=1S/C21H20ClN3O3/c1-14-9-18(7-8-19(14)22)28-12-21(26)23-11-16-10-20(25-13-24-16)15-3-5-17(27-2)6-4-15/h3-10,13H,11-12H2,1-2H3,(H,23,26). The van der Waals surface area contributed by atoms with Gasteiger partial charge < -0.3 is 14.8 Å². The van der Waals surface area contributed by atoms with Gasteiger partial charge in [0.1, 0.15) is 17.8 Å². The molecule has 7 heteroatoms. The Morgan fingerprint density at radius 2 is 1.82 bits per heavy atom. The van der Waals surface area contributed by atoms with Crippen LogP contribution in [-0.2, 0) is 11.3 Å². The molecule has 0 aliphatic carbocycles. The Labute approximate surface area is 168 Å². The van der Waals surface area contributed by atoms with Gasteiger partial charge in [0.2, 0.25) is 0 Å². The average molecular weight is 398 g/mol. The number of aryl methyl sites for hydroxylation is 1. The zero-order valence-electron chi connectivity index (χ0n) is 15.6. The molecule has 0 fully saturated rings. The topological polar surface area (TPSA) is 73.3 Å². The first kappa shape index (κ1) is 19.6. The van der Waals surface area contributed by atoms with Crippen molar-refractivity contribution in [2.24, 2.45) is 0 Å². The summed E-state index contributed by atoms with van der Waals surface area (Å²) in [5.41, 5.74) is 3.31. The number of rotatable bonds is 7. The number of hydrogen-bond acceptors (Lipinski definition) is 5.